The smallest absolute Gasteiger partial charge is 0.157 e. The van der Waals surface area contributed by atoms with E-state index in [0.29, 0.717) is 29.2 Å². The zero-order valence-electron chi connectivity index (χ0n) is 19.6. The third-order valence-corrected chi connectivity index (χ3v) is 10.6. The largest absolute Gasteiger partial charge is 0.297 e. The molecular formula is C27H39N3O. The lowest BCUT2D eigenvalue weighted by molar-refractivity contribution is -0.157. The van der Waals surface area contributed by atoms with Crippen LogP contribution in [-0.4, -0.2) is 15.6 Å². The molecule has 1 aromatic heterocycles. The van der Waals surface area contributed by atoms with Gasteiger partial charge in [0.2, 0.25) is 0 Å². The number of hydrogen-bond donors (Lipinski definition) is 0. The molecule has 4 fully saturated rings. The van der Waals surface area contributed by atoms with Crippen molar-refractivity contribution >= 4 is 5.78 Å². The summed E-state index contributed by atoms with van der Waals surface area (Å²) in [6, 6.07) is 2.12. The monoisotopic (exact) mass is 421 g/mol. The van der Waals surface area contributed by atoms with E-state index in [4.69, 9.17) is 5.26 Å². The second kappa shape index (κ2) is 7.75. The summed E-state index contributed by atoms with van der Waals surface area (Å²) in [6.45, 7) is 7.87. The van der Waals surface area contributed by atoms with Crippen LogP contribution in [0, 0.1) is 57.7 Å². The van der Waals surface area contributed by atoms with E-state index in [2.05, 4.69) is 31.9 Å². The molecule has 0 aliphatic heterocycles. The van der Waals surface area contributed by atoms with Gasteiger partial charge in [-0.05, 0) is 91.8 Å². The van der Waals surface area contributed by atoms with Gasteiger partial charge >= 0.3 is 0 Å². The van der Waals surface area contributed by atoms with Crippen LogP contribution >= 0.6 is 0 Å². The van der Waals surface area contributed by atoms with Crippen LogP contribution in [-0.2, 0) is 11.3 Å². The highest BCUT2D eigenvalue weighted by atomic mass is 16.1. The lowest BCUT2D eigenvalue weighted by Crippen LogP contribution is -2.57. The van der Waals surface area contributed by atoms with Crippen molar-refractivity contribution in [2.75, 3.05) is 0 Å². The van der Waals surface area contributed by atoms with E-state index in [0.717, 1.165) is 30.1 Å². The minimum atomic E-state index is 0.146. The summed E-state index contributed by atoms with van der Waals surface area (Å²) >= 11 is 0. The van der Waals surface area contributed by atoms with Crippen molar-refractivity contribution in [2.45, 2.75) is 91.5 Å². The van der Waals surface area contributed by atoms with Crippen molar-refractivity contribution in [3.63, 3.8) is 0 Å². The molecule has 4 nitrogen and oxygen atoms in total. The van der Waals surface area contributed by atoms with E-state index in [-0.39, 0.29) is 11.3 Å². The van der Waals surface area contributed by atoms with Gasteiger partial charge in [0, 0.05) is 12.1 Å². The van der Waals surface area contributed by atoms with Crippen LogP contribution in [0.4, 0.5) is 0 Å². The lowest BCUT2D eigenvalue weighted by atomic mass is 9.41. The highest BCUT2D eigenvalue weighted by Crippen LogP contribution is 2.66. The van der Waals surface area contributed by atoms with Gasteiger partial charge < -0.3 is 0 Å². The van der Waals surface area contributed by atoms with E-state index in [1.54, 1.807) is 17.1 Å². The van der Waals surface area contributed by atoms with Gasteiger partial charge in [0.05, 0.1) is 18.3 Å². The van der Waals surface area contributed by atoms with Gasteiger partial charge in [-0.1, -0.05) is 33.6 Å². The second-order valence-electron chi connectivity index (χ2n) is 12.1. The molecular weight excluding hydrogens is 382 g/mol. The fraction of sp³-hybridized carbons (Fsp3) is 0.815. The topological polar surface area (TPSA) is 58.7 Å². The van der Waals surface area contributed by atoms with Crippen LogP contribution in [0.2, 0.25) is 0 Å². The Morgan fingerprint density at radius 2 is 1.90 bits per heavy atom. The van der Waals surface area contributed by atoms with E-state index < -0.39 is 0 Å². The standard InChI is InChI=1S/C27H39N3O/c1-18-9-11-26(2)20(13-18)7-8-21-22-5-4-6-24(27(22,3)12-10-23(21)26)25(31)17-30-16-19(14-28)15-29-30/h15-16,18,20-24H,4-13,17H2,1-3H3/t18-,20?,21-,22?,23?,24+,26-,27-/m0/s1. The summed E-state index contributed by atoms with van der Waals surface area (Å²) in [4.78, 5) is 13.5. The molecule has 3 unspecified atom stereocenters. The first-order valence-electron chi connectivity index (χ1n) is 12.8. The quantitative estimate of drug-likeness (QED) is 0.600. The Hall–Kier alpha value is -1.63. The molecule has 5 rings (SSSR count). The third kappa shape index (κ3) is 3.38. The zero-order valence-corrected chi connectivity index (χ0v) is 19.6. The van der Waals surface area contributed by atoms with Gasteiger partial charge in [-0.15, -0.1) is 0 Å². The van der Waals surface area contributed by atoms with Gasteiger partial charge in [-0.25, -0.2) is 0 Å². The Bertz CT molecular complexity index is 883. The average molecular weight is 422 g/mol. The van der Waals surface area contributed by atoms with Crippen molar-refractivity contribution in [2.24, 2.45) is 46.3 Å². The van der Waals surface area contributed by atoms with Crippen molar-refractivity contribution in [1.82, 2.24) is 9.78 Å². The number of carbonyl (C=O) groups is 1. The Labute approximate surface area is 187 Å². The lowest BCUT2D eigenvalue weighted by Gasteiger charge is -2.63. The molecule has 31 heavy (non-hydrogen) atoms. The van der Waals surface area contributed by atoms with Crippen molar-refractivity contribution in [3.8, 4) is 6.07 Å². The van der Waals surface area contributed by atoms with Crippen molar-refractivity contribution < 1.29 is 4.79 Å². The van der Waals surface area contributed by atoms with E-state index in [1.807, 2.05) is 0 Å². The minimum Gasteiger partial charge on any atom is -0.297 e. The Morgan fingerprint density at radius 3 is 2.68 bits per heavy atom. The number of nitrogens with zero attached hydrogens (tertiary/aromatic N) is 3. The molecule has 1 aromatic rings. The third-order valence-electron chi connectivity index (χ3n) is 10.6. The van der Waals surface area contributed by atoms with Gasteiger partial charge in [-0.2, -0.15) is 10.4 Å². The first kappa shape index (κ1) is 21.2. The summed E-state index contributed by atoms with van der Waals surface area (Å²) in [7, 11) is 0. The molecule has 4 heteroatoms. The van der Waals surface area contributed by atoms with Crippen molar-refractivity contribution in [1.29, 1.82) is 5.26 Å². The predicted octanol–water partition coefficient (Wildman–Crippen LogP) is 6.01. The molecule has 8 atom stereocenters. The summed E-state index contributed by atoms with van der Waals surface area (Å²) in [5, 5.41) is 13.3. The molecule has 0 radical (unpaired) electrons. The Morgan fingerprint density at radius 1 is 1.13 bits per heavy atom. The van der Waals surface area contributed by atoms with Crippen LogP contribution in [0.5, 0.6) is 0 Å². The molecule has 0 saturated heterocycles. The maximum absolute atomic E-state index is 13.5. The fourth-order valence-corrected chi connectivity index (χ4v) is 8.97. The van der Waals surface area contributed by atoms with Crippen LogP contribution in [0.3, 0.4) is 0 Å². The molecule has 1 heterocycles. The number of ketones is 1. The molecule has 4 aliphatic carbocycles. The number of fused-ring (bicyclic) bond motifs is 5. The number of aromatic nitrogens is 2. The molecule has 4 aliphatic rings. The highest BCUT2D eigenvalue weighted by molar-refractivity contribution is 5.81. The zero-order chi connectivity index (χ0) is 21.8. The summed E-state index contributed by atoms with van der Waals surface area (Å²) < 4.78 is 1.68. The van der Waals surface area contributed by atoms with Gasteiger partial charge in [0.15, 0.2) is 5.78 Å². The summed E-state index contributed by atoms with van der Waals surface area (Å²) in [5.41, 5.74) is 1.22. The molecule has 0 bridgehead atoms. The highest BCUT2D eigenvalue weighted by Gasteiger charge is 2.59. The number of Topliss-reactive ketones (excluding diaryl/α,β-unsaturated/α-hetero) is 1. The molecule has 168 valence electrons. The first-order chi connectivity index (χ1) is 14.8. The maximum Gasteiger partial charge on any atom is 0.157 e. The molecule has 0 N–H and O–H groups in total. The molecule has 4 saturated carbocycles. The van der Waals surface area contributed by atoms with Crippen LogP contribution in [0.15, 0.2) is 12.4 Å². The van der Waals surface area contributed by atoms with Crippen molar-refractivity contribution in [3.05, 3.63) is 18.0 Å². The predicted molar refractivity (Wildman–Crippen MR) is 121 cm³/mol. The first-order valence-corrected chi connectivity index (χ1v) is 12.8. The Kier molecular flexibility index (Phi) is 5.31. The minimum absolute atomic E-state index is 0.146. The van der Waals surface area contributed by atoms with Gasteiger partial charge in [0.1, 0.15) is 6.07 Å². The van der Waals surface area contributed by atoms with Crippen LogP contribution < -0.4 is 0 Å². The van der Waals surface area contributed by atoms with Crippen LogP contribution in [0.25, 0.3) is 0 Å². The number of nitriles is 1. The fourth-order valence-electron chi connectivity index (χ4n) is 8.97. The van der Waals surface area contributed by atoms with Gasteiger partial charge in [0.25, 0.3) is 0 Å². The Balaban J connectivity index is 1.36. The molecule has 0 aromatic carbocycles. The second-order valence-corrected chi connectivity index (χ2v) is 12.1. The molecule has 0 spiro atoms. The normalized spacial score (nSPS) is 44.5. The van der Waals surface area contributed by atoms with Gasteiger partial charge in [-0.3, -0.25) is 9.48 Å². The number of rotatable bonds is 3. The summed E-state index contributed by atoms with van der Waals surface area (Å²) in [6.07, 6.45) is 16.4. The number of carbonyl (C=O) groups excluding carboxylic acids is 1. The number of hydrogen-bond acceptors (Lipinski definition) is 3. The maximum atomic E-state index is 13.5. The SMILES string of the molecule is C[C@H]1CC[C@@]2(C)C(CC[C@@H]3C2CC[C@@]2(C)C3CCC[C@@H]2C(=O)Cn2cc(C#N)cn2)C1. The van der Waals surface area contributed by atoms with Crippen LogP contribution in [0.1, 0.15) is 90.5 Å². The average Bonchev–Trinajstić information content (AvgIpc) is 3.20. The van der Waals surface area contributed by atoms with E-state index in [1.165, 1.54) is 57.8 Å². The van der Waals surface area contributed by atoms with E-state index in [9.17, 15) is 4.79 Å². The molecule has 0 amide bonds. The van der Waals surface area contributed by atoms with E-state index >= 15 is 0 Å². The summed E-state index contributed by atoms with van der Waals surface area (Å²) in [5.74, 6) is 4.72.